The summed E-state index contributed by atoms with van der Waals surface area (Å²) in [5.74, 6) is -0.260. The van der Waals surface area contributed by atoms with Gasteiger partial charge in [0, 0.05) is 53.6 Å². The van der Waals surface area contributed by atoms with Crippen molar-refractivity contribution in [2.24, 2.45) is 0 Å². The van der Waals surface area contributed by atoms with E-state index in [0.717, 1.165) is 52.0 Å². The van der Waals surface area contributed by atoms with Gasteiger partial charge in [0.05, 0.1) is 26.1 Å². The molecule has 0 saturated heterocycles. The SMILES string of the molecule is COCCCCCCCCCCCCOC(=O)CCNCCNCCC(=O)OCCCCCCCCCCCOC. The van der Waals surface area contributed by atoms with Crippen molar-refractivity contribution in [3.8, 4) is 0 Å². The number of ether oxygens (including phenoxy) is 4. The Morgan fingerprint density at radius 3 is 0.951 bits per heavy atom. The monoisotopic (exact) mass is 586 g/mol. The van der Waals surface area contributed by atoms with Crippen molar-refractivity contribution in [1.29, 1.82) is 0 Å². The van der Waals surface area contributed by atoms with E-state index in [0.29, 0.717) is 39.1 Å². The molecule has 0 aliphatic heterocycles. The van der Waals surface area contributed by atoms with Crippen LogP contribution in [0.4, 0.5) is 0 Å². The van der Waals surface area contributed by atoms with Crippen molar-refractivity contribution in [1.82, 2.24) is 10.6 Å². The minimum Gasteiger partial charge on any atom is -0.466 e. The summed E-state index contributed by atoms with van der Waals surface area (Å²) >= 11 is 0. The quantitative estimate of drug-likeness (QED) is 0.0633. The van der Waals surface area contributed by atoms with E-state index < -0.39 is 0 Å². The number of carbonyl (C=O) groups is 2. The van der Waals surface area contributed by atoms with Gasteiger partial charge in [0.2, 0.25) is 0 Å². The lowest BCUT2D eigenvalue weighted by Crippen LogP contribution is -2.30. The van der Waals surface area contributed by atoms with Gasteiger partial charge in [-0.3, -0.25) is 9.59 Å². The highest BCUT2D eigenvalue weighted by Gasteiger charge is 2.04. The molecule has 244 valence electrons. The number of carbonyl (C=O) groups excluding carboxylic acids is 2. The highest BCUT2D eigenvalue weighted by molar-refractivity contribution is 5.69. The van der Waals surface area contributed by atoms with Gasteiger partial charge < -0.3 is 29.6 Å². The van der Waals surface area contributed by atoms with Gasteiger partial charge in [0.25, 0.3) is 0 Å². The molecule has 0 aliphatic rings. The standard InChI is InChI=1S/C33H66N2O6/c1-38-28-18-14-10-6-3-4-8-12-16-20-30-40-32(36)22-24-34-26-27-35-25-23-33(37)41-31-21-17-13-9-5-7-11-15-19-29-39-2/h34-35H,3-31H2,1-2H3. The van der Waals surface area contributed by atoms with Gasteiger partial charge >= 0.3 is 11.9 Å². The number of nitrogens with one attached hydrogen (secondary N) is 2. The average molecular weight is 587 g/mol. The van der Waals surface area contributed by atoms with Gasteiger partial charge in [-0.25, -0.2) is 0 Å². The fourth-order valence-electron chi connectivity index (χ4n) is 4.67. The summed E-state index contributed by atoms with van der Waals surface area (Å²) in [6, 6.07) is 0. The van der Waals surface area contributed by atoms with Gasteiger partial charge in [0.15, 0.2) is 0 Å². The van der Waals surface area contributed by atoms with Crippen molar-refractivity contribution >= 4 is 11.9 Å². The third-order valence-electron chi connectivity index (χ3n) is 7.25. The number of rotatable bonds is 34. The molecule has 41 heavy (non-hydrogen) atoms. The van der Waals surface area contributed by atoms with Crippen LogP contribution in [0.15, 0.2) is 0 Å². The summed E-state index contributed by atoms with van der Waals surface area (Å²) in [6.07, 6.45) is 24.1. The van der Waals surface area contributed by atoms with E-state index in [2.05, 4.69) is 10.6 Å². The largest absolute Gasteiger partial charge is 0.466 e. The zero-order valence-corrected chi connectivity index (χ0v) is 27.0. The lowest BCUT2D eigenvalue weighted by molar-refractivity contribution is -0.144. The molecule has 0 aromatic carbocycles. The second-order valence-electron chi connectivity index (χ2n) is 11.1. The zero-order chi connectivity index (χ0) is 29.9. The number of methoxy groups -OCH3 is 2. The van der Waals surface area contributed by atoms with E-state index in [9.17, 15) is 9.59 Å². The summed E-state index contributed by atoms with van der Waals surface area (Å²) in [5.41, 5.74) is 0. The Kier molecular flexibility index (Phi) is 33.9. The lowest BCUT2D eigenvalue weighted by atomic mass is 10.1. The minimum atomic E-state index is -0.131. The fraction of sp³-hybridized carbons (Fsp3) is 0.939. The second-order valence-corrected chi connectivity index (χ2v) is 11.1. The van der Waals surface area contributed by atoms with E-state index in [1.54, 1.807) is 14.2 Å². The third-order valence-corrected chi connectivity index (χ3v) is 7.25. The van der Waals surface area contributed by atoms with Gasteiger partial charge in [-0.15, -0.1) is 0 Å². The van der Waals surface area contributed by atoms with Crippen molar-refractivity contribution in [3.63, 3.8) is 0 Å². The zero-order valence-electron chi connectivity index (χ0n) is 27.0. The Bertz CT molecular complexity index is 550. The molecule has 0 aliphatic carbocycles. The van der Waals surface area contributed by atoms with Crippen LogP contribution in [0, 0.1) is 0 Å². The van der Waals surface area contributed by atoms with Crippen LogP contribution in [-0.2, 0) is 28.5 Å². The van der Waals surface area contributed by atoms with Crippen LogP contribution in [0.25, 0.3) is 0 Å². The highest BCUT2D eigenvalue weighted by atomic mass is 16.5. The van der Waals surface area contributed by atoms with E-state index >= 15 is 0 Å². The average Bonchev–Trinajstić information content (AvgIpc) is 2.97. The fourth-order valence-corrected chi connectivity index (χ4v) is 4.67. The third kappa shape index (κ3) is 34.9. The molecule has 2 N–H and O–H groups in total. The first-order valence-corrected chi connectivity index (χ1v) is 16.9. The number of hydrogen-bond donors (Lipinski definition) is 2. The Labute approximate surface area is 252 Å². The normalized spacial score (nSPS) is 11.2. The minimum absolute atomic E-state index is 0.129. The van der Waals surface area contributed by atoms with E-state index in [1.807, 2.05) is 0 Å². The summed E-state index contributed by atoms with van der Waals surface area (Å²) in [6.45, 7) is 5.56. The molecule has 0 amide bonds. The van der Waals surface area contributed by atoms with E-state index in [-0.39, 0.29) is 11.9 Å². The molecule has 0 saturated carbocycles. The molecule has 0 aromatic rings. The van der Waals surface area contributed by atoms with Crippen molar-refractivity contribution in [2.75, 3.05) is 66.8 Å². The van der Waals surface area contributed by atoms with Crippen LogP contribution in [0.1, 0.15) is 135 Å². The molecule has 0 fully saturated rings. The van der Waals surface area contributed by atoms with E-state index in [4.69, 9.17) is 18.9 Å². The molecule has 0 rings (SSSR count). The molecular weight excluding hydrogens is 520 g/mol. The van der Waals surface area contributed by atoms with Crippen LogP contribution in [0.2, 0.25) is 0 Å². The van der Waals surface area contributed by atoms with Crippen molar-refractivity contribution < 1.29 is 28.5 Å². The summed E-state index contributed by atoms with van der Waals surface area (Å²) in [5, 5.41) is 6.48. The summed E-state index contributed by atoms with van der Waals surface area (Å²) in [4.78, 5) is 23.7. The Hall–Kier alpha value is -1.22. The maximum atomic E-state index is 11.8. The second kappa shape index (κ2) is 35.0. The highest BCUT2D eigenvalue weighted by Crippen LogP contribution is 2.11. The van der Waals surface area contributed by atoms with Gasteiger partial charge in [0.1, 0.15) is 0 Å². The first kappa shape index (κ1) is 39.8. The predicted octanol–water partition coefficient (Wildman–Crippen LogP) is 6.74. The van der Waals surface area contributed by atoms with Crippen LogP contribution >= 0.6 is 0 Å². The first-order valence-electron chi connectivity index (χ1n) is 16.9. The molecule has 0 bridgehead atoms. The molecule has 0 radical (unpaired) electrons. The molecule has 0 atom stereocenters. The predicted molar refractivity (Wildman–Crippen MR) is 168 cm³/mol. The summed E-state index contributed by atoms with van der Waals surface area (Å²) in [7, 11) is 3.53. The molecule has 0 unspecified atom stereocenters. The topological polar surface area (TPSA) is 95.1 Å². The Morgan fingerprint density at radius 2 is 0.659 bits per heavy atom. The van der Waals surface area contributed by atoms with Crippen LogP contribution in [-0.4, -0.2) is 78.8 Å². The lowest BCUT2D eigenvalue weighted by Gasteiger charge is -2.08. The van der Waals surface area contributed by atoms with Crippen molar-refractivity contribution in [2.45, 2.75) is 135 Å². The molecule has 0 heterocycles. The maximum absolute atomic E-state index is 11.8. The maximum Gasteiger partial charge on any atom is 0.307 e. The number of unbranched alkanes of at least 4 members (excludes halogenated alkanes) is 17. The Balaban J connectivity index is 3.24. The van der Waals surface area contributed by atoms with E-state index in [1.165, 1.54) is 96.3 Å². The molecule has 8 nitrogen and oxygen atoms in total. The Morgan fingerprint density at radius 1 is 0.390 bits per heavy atom. The van der Waals surface area contributed by atoms with Gasteiger partial charge in [-0.05, 0) is 25.7 Å². The van der Waals surface area contributed by atoms with Gasteiger partial charge in [-0.2, -0.15) is 0 Å². The molecule has 0 aromatic heterocycles. The van der Waals surface area contributed by atoms with Crippen LogP contribution in [0.5, 0.6) is 0 Å². The smallest absolute Gasteiger partial charge is 0.307 e. The van der Waals surface area contributed by atoms with Crippen LogP contribution < -0.4 is 10.6 Å². The molecule has 0 spiro atoms. The molecular formula is C33H66N2O6. The first-order chi connectivity index (χ1) is 20.2. The molecule has 8 heteroatoms. The number of hydrogen-bond acceptors (Lipinski definition) is 8. The van der Waals surface area contributed by atoms with Crippen LogP contribution in [0.3, 0.4) is 0 Å². The van der Waals surface area contributed by atoms with Gasteiger partial charge in [-0.1, -0.05) is 96.3 Å². The summed E-state index contributed by atoms with van der Waals surface area (Å²) < 4.78 is 20.8. The van der Waals surface area contributed by atoms with Crippen molar-refractivity contribution in [3.05, 3.63) is 0 Å². The number of esters is 2.